The number of aryl methyl sites for hydroxylation is 1. The van der Waals surface area contributed by atoms with Gasteiger partial charge in [-0.15, -0.1) is 11.3 Å². The number of rotatable bonds is 5. The largest absolute Gasteiger partial charge is 0.353 e. The van der Waals surface area contributed by atoms with Gasteiger partial charge in [-0.3, -0.25) is 0 Å². The van der Waals surface area contributed by atoms with E-state index in [0.717, 1.165) is 25.8 Å². The van der Waals surface area contributed by atoms with Crippen LogP contribution >= 0.6 is 11.3 Å². The molecule has 4 rings (SSSR count). The topological polar surface area (TPSA) is 41.8 Å². The lowest BCUT2D eigenvalue weighted by Gasteiger charge is -2.03. The van der Waals surface area contributed by atoms with E-state index in [4.69, 9.17) is 5.73 Å². The number of H-pyrrole nitrogens is 1. The third kappa shape index (κ3) is 2.56. The monoisotopic (exact) mass is 320 g/mol. The lowest BCUT2D eigenvalue weighted by atomic mass is 10.0. The highest BCUT2D eigenvalue weighted by atomic mass is 32.1. The zero-order valence-electron chi connectivity index (χ0n) is 13.0. The number of unbranched alkanes of at least 4 members (excludes halogenated alkanes) is 1. The Morgan fingerprint density at radius 1 is 0.913 bits per heavy atom. The molecule has 0 saturated heterocycles. The van der Waals surface area contributed by atoms with E-state index in [1.54, 1.807) is 11.3 Å². The summed E-state index contributed by atoms with van der Waals surface area (Å²) >= 11 is 1.79. The molecule has 0 saturated carbocycles. The van der Waals surface area contributed by atoms with E-state index in [2.05, 4.69) is 58.9 Å². The Labute approximate surface area is 140 Å². The number of benzene rings is 2. The van der Waals surface area contributed by atoms with Gasteiger partial charge >= 0.3 is 0 Å². The molecule has 0 fully saturated rings. The zero-order chi connectivity index (χ0) is 15.6. The maximum atomic E-state index is 5.68. The van der Waals surface area contributed by atoms with Crippen molar-refractivity contribution in [1.82, 2.24) is 4.98 Å². The molecule has 0 unspecified atom stereocenters. The summed E-state index contributed by atoms with van der Waals surface area (Å²) in [6.07, 6.45) is 3.28. The van der Waals surface area contributed by atoms with E-state index in [9.17, 15) is 0 Å². The standard InChI is InChI=1S/C20H20N2S/c21-12-4-3-8-16-17-11-10-14-6-1-2-7-15(14)19(17)22-20(16)18-9-5-13-23-18/h1-2,5-7,9-11,13,22H,3-4,8,12,21H2. The molecule has 0 aliphatic rings. The number of hydrogen-bond donors (Lipinski definition) is 2. The smallest absolute Gasteiger partial charge is 0.0598 e. The van der Waals surface area contributed by atoms with E-state index >= 15 is 0 Å². The second-order valence-corrected chi connectivity index (χ2v) is 6.86. The fraction of sp³-hybridized carbons (Fsp3) is 0.200. The second kappa shape index (κ2) is 6.19. The molecule has 116 valence electrons. The minimum absolute atomic E-state index is 0.764. The van der Waals surface area contributed by atoms with Crippen molar-refractivity contribution in [2.45, 2.75) is 19.3 Å². The Kier molecular flexibility index (Phi) is 3.90. The molecule has 2 nitrogen and oxygen atoms in total. The van der Waals surface area contributed by atoms with Crippen molar-refractivity contribution >= 4 is 33.0 Å². The first kappa shape index (κ1) is 14.5. The van der Waals surface area contributed by atoms with Gasteiger partial charge in [0.25, 0.3) is 0 Å². The number of nitrogens with two attached hydrogens (primary N) is 1. The SMILES string of the molecule is NCCCCc1c(-c2cccs2)[nH]c2c1ccc1ccccc12. The Morgan fingerprint density at radius 2 is 1.83 bits per heavy atom. The van der Waals surface area contributed by atoms with Crippen molar-refractivity contribution in [2.75, 3.05) is 6.54 Å². The fourth-order valence-corrected chi connectivity index (χ4v) is 4.08. The summed E-state index contributed by atoms with van der Waals surface area (Å²) in [4.78, 5) is 5.03. The Bertz CT molecular complexity index is 935. The summed E-state index contributed by atoms with van der Waals surface area (Å²) in [7, 11) is 0. The average molecular weight is 320 g/mol. The maximum Gasteiger partial charge on any atom is 0.0598 e. The van der Waals surface area contributed by atoms with Crippen LogP contribution in [0.1, 0.15) is 18.4 Å². The minimum Gasteiger partial charge on any atom is -0.353 e. The maximum absolute atomic E-state index is 5.68. The molecule has 2 aromatic heterocycles. The summed E-state index contributed by atoms with van der Waals surface area (Å²) in [5, 5.41) is 6.08. The summed E-state index contributed by atoms with van der Waals surface area (Å²) in [5.74, 6) is 0. The molecule has 0 bridgehead atoms. The molecule has 0 spiro atoms. The summed E-state index contributed by atoms with van der Waals surface area (Å²) in [6, 6.07) is 17.4. The van der Waals surface area contributed by atoms with Gasteiger partial charge in [0.05, 0.1) is 16.1 Å². The van der Waals surface area contributed by atoms with Gasteiger partial charge in [0.15, 0.2) is 0 Å². The number of nitrogens with one attached hydrogen (secondary N) is 1. The van der Waals surface area contributed by atoms with Crippen LogP contribution in [-0.2, 0) is 6.42 Å². The highest BCUT2D eigenvalue weighted by Gasteiger charge is 2.15. The average Bonchev–Trinajstić information content (AvgIpc) is 3.22. The molecular formula is C20H20N2S. The first-order chi connectivity index (χ1) is 11.4. The van der Waals surface area contributed by atoms with Crippen LogP contribution in [0.3, 0.4) is 0 Å². The van der Waals surface area contributed by atoms with Gasteiger partial charge in [-0.1, -0.05) is 42.5 Å². The Balaban J connectivity index is 1.95. The van der Waals surface area contributed by atoms with E-state index in [0.29, 0.717) is 0 Å². The Morgan fingerprint density at radius 3 is 2.65 bits per heavy atom. The molecule has 4 aromatic rings. The van der Waals surface area contributed by atoms with Crippen LogP contribution in [0, 0.1) is 0 Å². The van der Waals surface area contributed by atoms with Gasteiger partial charge in [-0.25, -0.2) is 0 Å². The van der Waals surface area contributed by atoms with Gasteiger partial charge in [0, 0.05) is 10.8 Å². The number of hydrogen-bond acceptors (Lipinski definition) is 2. The van der Waals surface area contributed by atoms with Gasteiger partial charge < -0.3 is 10.7 Å². The van der Waals surface area contributed by atoms with Crippen LogP contribution in [0.5, 0.6) is 0 Å². The van der Waals surface area contributed by atoms with Crippen molar-refractivity contribution < 1.29 is 0 Å². The van der Waals surface area contributed by atoms with Crippen LogP contribution < -0.4 is 5.73 Å². The third-order valence-corrected chi connectivity index (χ3v) is 5.34. The Hall–Kier alpha value is -2.10. The van der Waals surface area contributed by atoms with Crippen molar-refractivity contribution in [3.8, 4) is 10.6 Å². The predicted molar refractivity (Wildman–Crippen MR) is 101 cm³/mol. The van der Waals surface area contributed by atoms with E-state index in [-0.39, 0.29) is 0 Å². The molecule has 23 heavy (non-hydrogen) atoms. The molecule has 0 aliphatic carbocycles. The van der Waals surface area contributed by atoms with E-state index in [1.165, 1.54) is 37.8 Å². The summed E-state index contributed by atoms with van der Waals surface area (Å²) < 4.78 is 0. The predicted octanol–water partition coefficient (Wildman–Crippen LogP) is 5.33. The molecular weight excluding hydrogens is 300 g/mol. The highest BCUT2D eigenvalue weighted by molar-refractivity contribution is 7.13. The van der Waals surface area contributed by atoms with Gasteiger partial charge in [-0.2, -0.15) is 0 Å². The molecule has 0 radical (unpaired) electrons. The van der Waals surface area contributed by atoms with Gasteiger partial charge in [-0.05, 0) is 48.2 Å². The van der Waals surface area contributed by atoms with Crippen LogP contribution in [0.25, 0.3) is 32.2 Å². The van der Waals surface area contributed by atoms with Gasteiger partial charge in [0.2, 0.25) is 0 Å². The first-order valence-corrected chi connectivity index (χ1v) is 9.02. The molecule has 3 N–H and O–H groups in total. The summed E-state index contributed by atoms with van der Waals surface area (Å²) in [5.41, 5.74) is 9.65. The lowest BCUT2D eigenvalue weighted by Crippen LogP contribution is -1.99. The molecule has 2 heterocycles. The van der Waals surface area contributed by atoms with Crippen molar-refractivity contribution in [3.05, 3.63) is 59.5 Å². The molecule has 3 heteroatoms. The van der Waals surface area contributed by atoms with Crippen LogP contribution in [0.2, 0.25) is 0 Å². The quantitative estimate of drug-likeness (QED) is 0.479. The number of aromatic nitrogens is 1. The van der Waals surface area contributed by atoms with Crippen LogP contribution in [0.4, 0.5) is 0 Å². The number of aromatic amines is 1. The van der Waals surface area contributed by atoms with E-state index < -0.39 is 0 Å². The van der Waals surface area contributed by atoms with Gasteiger partial charge in [0.1, 0.15) is 0 Å². The normalized spacial score (nSPS) is 11.5. The minimum atomic E-state index is 0.764. The van der Waals surface area contributed by atoms with Crippen LogP contribution in [0.15, 0.2) is 53.9 Å². The third-order valence-electron chi connectivity index (χ3n) is 4.45. The zero-order valence-corrected chi connectivity index (χ0v) is 13.8. The fourth-order valence-electron chi connectivity index (χ4n) is 3.33. The number of thiophene rings is 1. The lowest BCUT2D eigenvalue weighted by molar-refractivity contribution is 0.748. The molecule has 0 atom stereocenters. The van der Waals surface area contributed by atoms with E-state index in [1.807, 2.05) is 0 Å². The van der Waals surface area contributed by atoms with Crippen LogP contribution in [-0.4, -0.2) is 11.5 Å². The number of fused-ring (bicyclic) bond motifs is 3. The molecule has 0 amide bonds. The highest BCUT2D eigenvalue weighted by Crippen LogP contribution is 2.36. The molecule has 2 aromatic carbocycles. The van der Waals surface area contributed by atoms with Crippen molar-refractivity contribution in [3.63, 3.8) is 0 Å². The van der Waals surface area contributed by atoms with Crippen molar-refractivity contribution in [1.29, 1.82) is 0 Å². The second-order valence-electron chi connectivity index (χ2n) is 5.91. The van der Waals surface area contributed by atoms with Crippen molar-refractivity contribution in [2.24, 2.45) is 5.73 Å². The first-order valence-electron chi connectivity index (χ1n) is 8.15. The summed E-state index contributed by atoms with van der Waals surface area (Å²) in [6.45, 7) is 0.764. The molecule has 0 aliphatic heterocycles.